The number of nitrogens with one attached hydrogen (secondary N) is 1. The molecule has 1 aliphatic carbocycles. The maximum Gasteiger partial charge on any atom is 0.223 e. The largest absolute Gasteiger partial charge is 0.391 e. The molecule has 4 N–H and O–H groups in total. The molecule has 1 aromatic rings. The van der Waals surface area contributed by atoms with Crippen LogP contribution in [0.3, 0.4) is 0 Å². The summed E-state index contributed by atoms with van der Waals surface area (Å²) in [6.07, 6.45) is 0.399. The summed E-state index contributed by atoms with van der Waals surface area (Å²) in [6, 6.07) is 1.48. The molecule has 0 unspecified atom stereocenters. The standard InChI is InChI=1S/C11H17N3O3.ClH/c1-6-2-8(14-17-6)5-13-11(16)7-3-9(12)10(15)4-7;/h2,7,9-10,15H,3-5,12H2,1H3,(H,13,16);1H/t7-,9+,10+;/m0./s1. The average molecular weight is 276 g/mol. The first kappa shape index (κ1) is 14.9. The number of aliphatic hydroxyl groups is 1. The molecule has 0 spiro atoms. The fraction of sp³-hybridized carbons (Fsp3) is 0.636. The van der Waals surface area contributed by atoms with E-state index in [1.807, 2.05) is 0 Å². The van der Waals surface area contributed by atoms with E-state index >= 15 is 0 Å². The van der Waals surface area contributed by atoms with Gasteiger partial charge in [0.05, 0.1) is 12.6 Å². The van der Waals surface area contributed by atoms with E-state index in [1.165, 1.54) is 0 Å². The van der Waals surface area contributed by atoms with Crippen molar-refractivity contribution in [2.45, 2.75) is 38.5 Å². The van der Waals surface area contributed by atoms with Crippen molar-refractivity contribution >= 4 is 18.3 Å². The summed E-state index contributed by atoms with van der Waals surface area (Å²) < 4.78 is 4.90. The normalized spacial score (nSPS) is 26.7. The predicted molar refractivity (Wildman–Crippen MR) is 67.0 cm³/mol. The first-order chi connectivity index (χ1) is 8.06. The smallest absolute Gasteiger partial charge is 0.223 e. The molecule has 2 rings (SSSR count). The van der Waals surface area contributed by atoms with Gasteiger partial charge in [-0.15, -0.1) is 12.4 Å². The van der Waals surface area contributed by atoms with Gasteiger partial charge in [-0.3, -0.25) is 4.79 Å². The van der Waals surface area contributed by atoms with Gasteiger partial charge in [0.25, 0.3) is 0 Å². The molecule has 18 heavy (non-hydrogen) atoms. The molecule has 1 heterocycles. The molecule has 1 saturated carbocycles. The van der Waals surface area contributed by atoms with Crippen LogP contribution in [0.15, 0.2) is 10.6 Å². The monoisotopic (exact) mass is 275 g/mol. The SMILES string of the molecule is Cc1cc(CNC(=O)[C@H]2C[C@@H](N)[C@H](O)C2)no1.Cl. The Balaban J connectivity index is 0.00000162. The number of nitrogens with two attached hydrogens (primary N) is 1. The first-order valence-electron chi connectivity index (χ1n) is 5.70. The maximum absolute atomic E-state index is 11.8. The third-order valence-corrected chi connectivity index (χ3v) is 3.07. The van der Waals surface area contributed by atoms with Crippen molar-refractivity contribution in [3.8, 4) is 0 Å². The number of carbonyl (C=O) groups is 1. The molecule has 102 valence electrons. The lowest BCUT2D eigenvalue weighted by atomic mass is 10.1. The van der Waals surface area contributed by atoms with Crippen molar-refractivity contribution in [3.05, 3.63) is 17.5 Å². The van der Waals surface area contributed by atoms with E-state index < -0.39 is 6.10 Å². The summed E-state index contributed by atoms with van der Waals surface area (Å²) >= 11 is 0. The molecular weight excluding hydrogens is 258 g/mol. The Morgan fingerprint density at radius 1 is 1.67 bits per heavy atom. The topological polar surface area (TPSA) is 101 Å². The van der Waals surface area contributed by atoms with Gasteiger partial charge in [0.15, 0.2) is 0 Å². The second-order valence-electron chi connectivity index (χ2n) is 4.55. The van der Waals surface area contributed by atoms with Gasteiger partial charge in [-0.2, -0.15) is 0 Å². The highest BCUT2D eigenvalue weighted by molar-refractivity contribution is 5.85. The Morgan fingerprint density at radius 2 is 2.39 bits per heavy atom. The van der Waals surface area contributed by atoms with Gasteiger partial charge in [0.2, 0.25) is 5.91 Å². The molecule has 0 radical (unpaired) electrons. The molecule has 1 fully saturated rings. The molecular formula is C11H18ClN3O3. The van der Waals surface area contributed by atoms with Crippen LogP contribution in [0.25, 0.3) is 0 Å². The van der Waals surface area contributed by atoms with Gasteiger partial charge in [-0.1, -0.05) is 5.16 Å². The van der Waals surface area contributed by atoms with Crippen LogP contribution in [0.5, 0.6) is 0 Å². The van der Waals surface area contributed by atoms with Gasteiger partial charge in [-0.05, 0) is 19.8 Å². The fourth-order valence-corrected chi connectivity index (χ4v) is 2.09. The first-order valence-corrected chi connectivity index (χ1v) is 5.70. The molecule has 7 heteroatoms. The molecule has 1 aromatic heterocycles. The van der Waals surface area contributed by atoms with Gasteiger partial charge in [0.1, 0.15) is 11.5 Å². The number of nitrogens with zero attached hydrogens (tertiary/aromatic N) is 1. The lowest BCUT2D eigenvalue weighted by molar-refractivity contribution is -0.125. The highest BCUT2D eigenvalue weighted by Crippen LogP contribution is 2.24. The van der Waals surface area contributed by atoms with Crippen LogP contribution in [-0.2, 0) is 11.3 Å². The Morgan fingerprint density at radius 3 is 2.89 bits per heavy atom. The highest BCUT2D eigenvalue weighted by atomic mass is 35.5. The Kier molecular flexibility index (Phi) is 5.13. The second-order valence-corrected chi connectivity index (χ2v) is 4.55. The van der Waals surface area contributed by atoms with Crippen LogP contribution in [0, 0.1) is 12.8 Å². The van der Waals surface area contributed by atoms with Gasteiger partial charge < -0.3 is 20.7 Å². The van der Waals surface area contributed by atoms with Crippen molar-refractivity contribution in [1.29, 1.82) is 0 Å². The van der Waals surface area contributed by atoms with E-state index in [2.05, 4.69) is 10.5 Å². The number of hydrogen-bond acceptors (Lipinski definition) is 5. The predicted octanol–water partition coefficient (Wildman–Crippen LogP) is 0.119. The maximum atomic E-state index is 11.8. The van der Waals surface area contributed by atoms with Crippen LogP contribution in [0.2, 0.25) is 0 Å². The van der Waals surface area contributed by atoms with Crippen molar-refractivity contribution < 1.29 is 14.4 Å². The number of amides is 1. The Bertz CT molecular complexity index is 400. The quantitative estimate of drug-likeness (QED) is 0.727. The van der Waals surface area contributed by atoms with Crippen molar-refractivity contribution in [3.63, 3.8) is 0 Å². The molecule has 0 aliphatic heterocycles. The van der Waals surface area contributed by atoms with Crippen LogP contribution >= 0.6 is 12.4 Å². The highest BCUT2D eigenvalue weighted by Gasteiger charge is 2.34. The van der Waals surface area contributed by atoms with Crippen LogP contribution in [0.4, 0.5) is 0 Å². The number of hydrogen-bond donors (Lipinski definition) is 3. The number of rotatable bonds is 3. The zero-order valence-electron chi connectivity index (χ0n) is 10.1. The third kappa shape index (κ3) is 3.44. The molecule has 1 amide bonds. The van der Waals surface area contributed by atoms with E-state index in [1.54, 1.807) is 13.0 Å². The summed E-state index contributed by atoms with van der Waals surface area (Å²) in [4.78, 5) is 11.8. The summed E-state index contributed by atoms with van der Waals surface area (Å²) in [6.45, 7) is 2.14. The lowest BCUT2D eigenvalue weighted by Gasteiger charge is -2.08. The van der Waals surface area contributed by atoms with Crippen LogP contribution < -0.4 is 11.1 Å². The molecule has 0 saturated heterocycles. The second kappa shape index (κ2) is 6.17. The number of aliphatic hydroxyl groups excluding tert-OH is 1. The molecule has 0 aromatic carbocycles. The summed E-state index contributed by atoms with van der Waals surface area (Å²) in [5, 5.41) is 16.0. The number of aromatic nitrogens is 1. The minimum atomic E-state index is -0.569. The van der Waals surface area contributed by atoms with Gasteiger partial charge in [0, 0.05) is 18.0 Å². The zero-order chi connectivity index (χ0) is 12.4. The van der Waals surface area contributed by atoms with Crippen molar-refractivity contribution in [2.75, 3.05) is 0 Å². The van der Waals surface area contributed by atoms with Gasteiger partial charge >= 0.3 is 0 Å². The van der Waals surface area contributed by atoms with Crippen LogP contribution in [0.1, 0.15) is 24.3 Å². The molecule has 6 nitrogen and oxygen atoms in total. The number of halogens is 1. The zero-order valence-corrected chi connectivity index (χ0v) is 10.9. The van der Waals surface area contributed by atoms with E-state index in [-0.39, 0.29) is 30.3 Å². The minimum Gasteiger partial charge on any atom is -0.391 e. The minimum absolute atomic E-state index is 0. The van der Waals surface area contributed by atoms with E-state index in [4.69, 9.17) is 10.3 Å². The van der Waals surface area contributed by atoms with Crippen LogP contribution in [-0.4, -0.2) is 28.3 Å². The summed E-state index contributed by atoms with van der Waals surface area (Å²) in [5.41, 5.74) is 6.35. The summed E-state index contributed by atoms with van der Waals surface area (Å²) in [5.74, 6) is 0.429. The summed E-state index contributed by atoms with van der Waals surface area (Å²) in [7, 11) is 0. The fourth-order valence-electron chi connectivity index (χ4n) is 2.09. The van der Waals surface area contributed by atoms with E-state index in [0.717, 1.165) is 0 Å². The number of carbonyl (C=O) groups excluding carboxylic acids is 1. The Hall–Kier alpha value is -1.11. The van der Waals surface area contributed by atoms with Crippen molar-refractivity contribution in [1.82, 2.24) is 10.5 Å². The van der Waals surface area contributed by atoms with Gasteiger partial charge in [-0.25, -0.2) is 0 Å². The number of aryl methyl sites for hydroxylation is 1. The van der Waals surface area contributed by atoms with E-state index in [0.29, 0.717) is 30.8 Å². The third-order valence-electron chi connectivity index (χ3n) is 3.07. The molecule has 1 aliphatic rings. The molecule has 0 bridgehead atoms. The Labute approximate surface area is 111 Å². The molecule has 3 atom stereocenters. The van der Waals surface area contributed by atoms with E-state index in [9.17, 15) is 9.90 Å². The lowest BCUT2D eigenvalue weighted by Crippen LogP contribution is -2.30. The van der Waals surface area contributed by atoms with Crippen molar-refractivity contribution in [2.24, 2.45) is 11.7 Å². The average Bonchev–Trinajstić information content (AvgIpc) is 2.83.